The molecule has 0 saturated carbocycles. The van der Waals surface area contributed by atoms with Gasteiger partial charge in [-0.15, -0.1) is 0 Å². The normalized spacial score (nSPS) is 12.7. The first kappa shape index (κ1) is 38.9. The predicted octanol–water partition coefficient (Wildman–Crippen LogP) is 8.10. The Morgan fingerprint density at radius 2 is 1.31 bits per heavy atom. The topological polar surface area (TPSA) is 152 Å². The number of nitrogens with zero attached hydrogens (tertiary/aromatic N) is 3. The average Bonchev–Trinajstić information content (AvgIpc) is 3.89. The van der Waals surface area contributed by atoms with Crippen LogP contribution in [0.5, 0.6) is 0 Å². The second-order valence-corrected chi connectivity index (χ2v) is 19.5. The Hall–Kier alpha value is -5.79. The Bertz CT molecular complexity index is 2180. The lowest BCUT2D eigenvalue weighted by Gasteiger charge is -2.43. The lowest BCUT2D eigenvalue weighted by atomic mass is 10.2. The largest absolute Gasteiger partial charge is 0.456 e. The molecule has 55 heavy (non-hydrogen) atoms. The molecule has 12 nitrogen and oxygen atoms in total. The summed E-state index contributed by atoms with van der Waals surface area (Å²) in [6.07, 6.45) is 0.562. The zero-order chi connectivity index (χ0) is 39.4. The maximum atomic E-state index is 13.3. The Labute approximate surface area is 321 Å². The molecule has 6 rings (SSSR count). The number of nitrogens with one attached hydrogen (secondary N) is 1. The van der Waals surface area contributed by atoms with Crippen LogP contribution in [0.1, 0.15) is 81.0 Å². The van der Waals surface area contributed by atoms with Gasteiger partial charge >= 0.3 is 12.1 Å². The van der Waals surface area contributed by atoms with Crippen LogP contribution in [0.15, 0.2) is 111 Å². The minimum Gasteiger partial charge on any atom is -0.456 e. The van der Waals surface area contributed by atoms with Crippen molar-refractivity contribution >= 4 is 30.8 Å². The van der Waals surface area contributed by atoms with Crippen LogP contribution >= 0.6 is 0 Å². The van der Waals surface area contributed by atoms with Gasteiger partial charge < -0.3 is 32.5 Å². The summed E-state index contributed by atoms with van der Waals surface area (Å²) in [7, 11) is -3.03. The molecule has 0 spiro atoms. The fourth-order valence-electron chi connectivity index (χ4n) is 6.33. The quantitative estimate of drug-likeness (QED) is 0.0951. The number of esters is 1. The van der Waals surface area contributed by atoms with Crippen molar-refractivity contribution in [1.82, 2.24) is 20.3 Å². The highest BCUT2D eigenvalue weighted by atomic mass is 28.4. The molecule has 3 aromatic heterocycles. The number of aromatic nitrogens is 3. The Morgan fingerprint density at radius 1 is 0.745 bits per heavy atom. The van der Waals surface area contributed by atoms with Gasteiger partial charge in [0.05, 0.1) is 6.61 Å². The standard InChI is InChI=1S/C42H46N4O8Si/c1-27-34(37-43-33(25-49-37)39(47)50-24-29-18-12-9-13-19-29)46-38(53-27)35-28(2)52-36(45-35)32(44-40(48)54-41(3,4)5)26-51-55(42(6,7)8,30-20-14-10-15-21-30)31-22-16-11-17-23-31/h9-23,25,32H,24,26H2,1-8H3,(H,44,48)/t32-/m0/s1. The molecule has 0 unspecified atom stereocenters. The van der Waals surface area contributed by atoms with Crippen LogP contribution in [0.4, 0.5) is 4.79 Å². The molecule has 1 atom stereocenters. The molecule has 0 saturated heterocycles. The van der Waals surface area contributed by atoms with Crippen molar-refractivity contribution in [2.45, 2.75) is 78.7 Å². The zero-order valence-electron chi connectivity index (χ0n) is 32.3. The van der Waals surface area contributed by atoms with Crippen LogP contribution in [0.3, 0.4) is 0 Å². The van der Waals surface area contributed by atoms with Gasteiger partial charge in [-0.1, -0.05) is 112 Å². The van der Waals surface area contributed by atoms with Crippen molar-refractivity contribution < 1.29 is 36.7 Å². The first-order valence-corrected chi connectivity index (χ1v) is 19.9. The molecule has 3 heterocycles. The van der Waals surface area contributed by atoms with E-state index in [0.717, 1.165) is 15.9 Å². The second-order valence-electron chi connectivity index (χ2n) is 15.2. The molecule has 6 aromatic rings. The maximum absolute atomic E-state index is 13.3. The minimum absolute atomic E-state index is 0.00766. The molecule has 286 valence electrons. The highest BCUT2D eigenvalue weighted by molar-refractivity contribution is 6.99. The number of alkyl carbamates (subject to hydrolysis) is 1. The smallest absolute Gasteiger partial charge is 0.408 e. The molecule has 1 amide bonds. The SMILES string of the molecule is Cc1oc(-c2nc([C@H](CO[Si](c3ccccc3)(c3ccccc3)C(C)(C)C)NC(=O)OC(C)(C)C)oc2C)nc1-c1nc(C(=O)OCc2ccccc2)co1. The molecule has 0 bridgehead atoms. The number of benzene rings is 3. The van der Waals surface area contributed by atoms with Crippen LogP contribution in [0, 0.1) is 13.8 Å². The first-order valence-electron chi connectivity index (χ1n) is 18.0. The van der Waals surface area contributed by atoms with Crippen molar-refractivity contribution in [1.29, 1.82) is 0 Å². The lowest BCUT2D eigenvalue weighted by molar-refractivity contribution is 0.0459. The summed E-state index contributed by atoms with van der Waals surface area (Å²) in [6.45, 7) is 15.4. The maximum Gasteiger partial charge on any atom is 0.408 e. The van der Waals surface area contributed by atoms with Gasteiger partial charge in [-0.05, 0) is 55.6 Å². The monoisotopic (exact) mass is 762 g/mol. The van der Waals surface area contributed by atoms with E-state index in [4.69, 9.17) is 32.1 Å². The Morgan fingerprint density at radius 3 is 1.89 bits per heavy atom. The molecule has 0 fully saturated rings. The molecule has 13 heteroatoms. The van der Waals surface area contributed by atoms with E-state index < -0.39 is 32.0 Å². The van der Waals surface area contributed by atoms with E-state index in [1.807, 2.05) is 66.7 Å². The van der Waals surface area contributed by atoms with E-state index in [9.17, 15) is 9.59 Å². The fraction of sp³-hybridized carbons (Fsp3) is 0.310. The van der Waals surface area contributed by atoms with Gasteiger partial charge in [0.1, 0.15) is 36.0 Å². The number of carbonyl (C=O) groups excluding carboxylic acids is 2. The Balaban J connectivity index is 1.30. The van der Waals surface area contributed by atoms with Gasteiger partial charge in [-0.3, -0.25) is 0 Å². The summed E-state index contributed by atoms with van der Waals surface area (Å²) in [6, 6.07) is 28.9. The summed E-state index contributed by atoms with van der Waals surface area (Å²) < 4.78 is 36.1. The van der Waals surface area contributed by atoms with E-state index in [1.165, 1.54) is 6.26 Å². The predicted molar refractivity (Wildman–Crippen MR) is 208 cm³/mol. The third-order valence-electron chi connectivity index (χ3n) is 8.81. The highest BCUT2D eigenvalue weighted by Crippen LogP contribution is 2.38. The number of hydrogen-bond acceptors (Lipinski definition) is 11. The minimum atomic E-state index is -3.03. The van der Waals surface area contributed by atoms with Crippen molar-refractivity contribution in [3.63, 3.8) is 0 Å². The van der Waals surface area contributed by atoms with E-state index in [0.29, 0.717) is 17.2 Å². The molecule has 0 aliphatic heterocycles. The molecule has 0 aliphatic carbocycles. The van der Waals surface area contributed by atoms with Gasteiger partial charge in [-0.25, -0.2) is 24.5 Å². The fourth-order valence-corrected chi connectivity index (χ4v) is 10.9. The summed E-state index contributed by atoms with van der Waals surface area (Å²) in [5, 5.41) is 4.78. The third kappa shape index (κ3) is 8.79. The highest BCUT2D eigenvalue weighted by Gasteiger charge is 2.50. The number of ether oxygens (including phenoxy) is 2. The lowest BCUT2D eigenvalue weighted by Crippen LogP contribution is -2.67. The molecular weight excluding hydrogens is 717 g/mol. The average molecular weight is 763 g/mol. The molecular formula is C42H46N4O8Si. The van der Waals surface area contributed by atoms with Crippen LogP contribution in [0.25, 0.3) is 23.2 Å². The molecule has 0 aliphatic rings. The van der Waals surface area contributed by atoms with E-state index in [1.54, 1.807) is 34.6 Å². The molecule has 1 N–H and O–H groups in total. The van der Waals surface area contributed by atoms with E-state index in [-0.39, 0.29) is 47.3 Å². The van der Waals surface area contributed by atoms with Crippen molar-refractivity contribution in [3.8, 4) is 23.2 Å². The van der Waals surface area contributed by atoms with Crippen LogP contribution in [-0.2, 0) is 20.5 Å². The van der Waals surface area contributed by atoms with Crippen molar-refractivity contribution in [2.75, 3.05) is 6.61 Å². The number of rotatable bonds is 12. The first-order chi connectivity index (χ1) is 26.1. The summed E-state index contributed by atoms with van der Waals surface area (Å²) in [5.74, 6) is 0.513. The number of oxazole rings is 3. The van der Waals surface area contributed by atoms with Gasteiger partial charge in [0, 0.05) is 0 Å². The van der Waals surface area contributed by atoms with Crippen LogP contribution in [0.2, 0.25) is 5.04 Å². The number of hydrogen-bond donors (Lipinski definition) is 1. The molecule has 0 radical (unpaired) electrons. The number of amides is 1. The second kappa shape index (κ2) is 15.9. The van der Waals surface area contributed by atoms with Gasteiger partial charge in [0.15, 0.2) is 17.1 Å². The van der Waals surface area contributed by atoms with Crippen LogP contribution < -0.4 is 15.7 Å². The van der Waals surface area contributed by atoms with E-state index >= 15 is 0 Å². The van der Waals surface area contributed by atoms with Gasteiger partial charge in [0.2, 0.25) is 17.7 Å². The number of carbonyl (C=O) groups is 2. The number of aryl methyl sites for hydroxylation is 2. The Kier molecular flexibility index (Phi) is 11.2. The third-order valence-corrected chi connectivity index (χ3v) is 13.8. The summed E-state index contributed by atoms with van der Waals surface area (Å²) >= 11 is 0. The van der Waals surface area contributed by atoms with Crippen molar-refractivity contribution in [2.24, 2.45) is 0 Å². The van der Waals surface area contributed by atoms with Crippen LogP contribution in [-0.4, -0.2) is 47.5 Å². The van der Waals surface area contributed by atoms with Gasteiger partial charge in [-0.2, -0.15) is 0 Å². The summed E-state index contributed by atoms with van der Waals surface area (Å²) in [5.41, 5.74) is 0.665. The summed E-state index contributed by atoms with van der Waals surface area (Å²) in [4.78, 5) is 39.7. The van der Waals surface area contributed by atoms with E-state index in [2.05, 4.69) is 60.3 Å². The van der Waals surface area contributed by atoms with Crippen molar-refractivity contribution in [3.05, 3.63) is 126 Å². The van der Waals surface area contributed by atoms with Gasteiger partial charge in [0.25, 0.3) is 8.32 Å². The molecule has 3 aromatic carbocycles. The zero-order valence-corrected chi connectivity index (χ0v) is 33.3.